The molecule has 2 aromatic heterocycles. The van der Waals surface area contributed by atoms with E-state index in [-0.39, 0.29) is 24.4 Å². The number of carbonyl (C=O) groups excluding carboxylic acids is 2. The zero-order valence-corrected chi connectivity index (χ0v) is 22.9. The largest absolute Gasteiger partial charge is 0.462 e. The van der Waals surface area contributed by atoms with E-state index < -0.39 is 37.6 Å². The number of nitrogen functional groups attached to an aromatic ring is 1. The van der Waals surface area contributed by atoms with E-state index in [0.717, 1.165) is 25.7 Å². The Labute approximate surface area is 216 Å². The van der Waals surface area contributed by atoms with Crippen molar-refractivity contribution in [2.24, 2.45) is 0 Å². The van der Waals surface area contributed by atoms with Gasteiger partial charge in [0.1, 0.15) is 36.4 Å². The number of hydrogen-bond acceptors (Lipinski definition) is 10. The standard InChI is InChI=1S/C23H38N7O6P/c1-14(2)35-22(31)16(4)28-37(33,29-17(5)23(32)36-18-8-6-7-9-18)13-34-15(3)10-30-12-27-19-20(24)25-11-26-21(19)30/h11-12,14-18H,6-10,13H2,1-5H3,(H2,24,25,26)(H2,28,29,33)/t15-,16+,17-,37+/m1/s1. The molecule has 0 aromatic carbocycles. The van der Waals surface area contributed by atoms with E-state index in [4.69, 9.17) is 19.9 Å². The molecule has 0 unspecified atom stereocenters. The minimum atomic E-state index is -3.62. The molecule has 0 radical (unpaired) electrons. The number of aromatic nitrogens is 4. The Kier molecular flexibility index (Phi) is 10.00. The summed E-state index contributed by atoms with van der Waals surface area (Å²) in [5.41, 5.74) is 6.89. The van der Waals surface area contributed by atoms with Crippen molar-refractivity contribution in [3.63, 3.8) is 0 Å². The van der Waals surface area contributed by atoms with Gasteiger partial charge in [-0.05, 0) is 60.3 Å². The van der Waals surface area contributed by atoms with Crippen LogP contribution in [0.2, 0.25) is 0 Å². The Balaban J connectivity index is 1.67. The first-order chi connectivity index (χ1) is 17.5. The third kappa shape index (κ3) is 8.19. The summed E-state index contributed by atoms with van der Waals surface area (Å²) >= 11 is 0. The van der Waals surface area contributed by atoms with Gasteiger partial charge in [-0.15, -0.1) is 0 Å². The number of rotatable bonds is 13. The molecule has 1 aliphatic carbocycles. The maximum atomic E-state index is 13.9. The summed E-state index contributed by atoms with van der Waals surface area (Å²) in [5, 5.41) is 5.65. The first-order valence-electron chi connectivity index (χ1n) is 12.6. The lowest BCUT2D eigenvalue weighted by atomic mass is 10.3. The Morgan fingerprint density at radius 3 is 2.38 bits per heavy atom. The van der Waals surface area contributed by atoms with E-state index in [9.17, 15) is 14.2 Å². The Morgan fingerprint density at radius 1 is 1.08 bits per heavy atom. The molecular formula is C23H38N7O6P. The van der Waals surface area contributed by atoms with Crippen LogP contribution in [0.1, 0.15) is 60.3 Å². The van der Waals surface area contributed by atoms with Crippen LogP contribution in [0.5, 0.6) is 0 Å². The molecule has 14 heteroatoms. The van der Waals surface area contributed by atoms with Gasteiger partial charge in [-0.2, -0.15) is 0 Å². The molecule has 1 fully saturated rings. The molecule has 2 heterocycles. The van der Waals surface area contributed by atoms with Gasteiger partial charge >= 0.3 is 11.9 Å². The predicted molar refractivity (Wildman–Crippen MR) is 138 cm³/mol. The molecule has 0 spiro atoms. The summed E-state index contributed by atoms with van der Waals surface area (Å²) in [6.07, 6.45) is 5.45. The lowest BCUT2D eigenvalue weighted by Crippen LogP contribution is -2.44. The topological polar surface area (TPSA) is 173 Å². The summed E-state index contributed by atoms with van der Waals surface area (Å²) in [5.74, 6) is -0.786. The number of ether oxygens (including phenoxy) is 3. The number of fused-ring (bicyclic) bond motifs is 1. The number of nitrogens with two attached hydrogens (primary N) is 1. The van der Waals surface area contributed by atoms with E-state index in [1.807, 2.05) is 0 Å². The van der Waals surface area contributed by atoms with Gasteiger partial charge in [0.15, 0.2) is 11.5 Å². The highest BCUT2D eigenvalue weighted by Crippen LogP contribution is 2.38. The second-order valence-corrected chi connectivity index (χ2v) is 12.0. The number of anilines is 1. The molecule has 0 amide bonds. The first kappa shape index (κ1) is 29.0. The molecule has 2 aromatic rings. The van der Waals surface area contributed by atoms with Crippen LogP contribution in [0.25, 0.3) is 11.2 Å². The normalized spacial score (nSPS) is 18.4. The fraction of sp³-hybridized carbons (Fsp3) is 0.696. The fourth-order valence-electron chi connectivity index (χ4n) is 4.04. The van der Waals surface area contributed by atoms with Crippen molar-refractivity contribution in [3.05, 3.63) is 12.7 Å². The van der Waals surface area contributed by atoms with E-state index in [1.54, 1.807) is 45.5 Å². The van der Waals surface area contributed by atoms with Gasteiger partial charge in [-0.3, -0.25) is 14.2 Å². The summed E-state index contributed by atoms with van der Waals surface area (Å²) in [7, 11) is -3.62. The van der Waals surface area contributed by atoms with Crippen LogP contribution in [0.4, 0.5) is 5.82 Å². The molecule has 37 heavy (non-hydrogen) atoms. The smallest absolute Gasteiger partial charge is 0.323 e. The van der Waals surface area contributed by atoms with Gasteiger partial charge in [0, 0.05) is 0 Å². The van der Waals surface area contributed by atoms with E-state index in [2.05, 4.69) is 25.1 Å². The number of nitrogens with zero attached hydrogens (tertiary/aromatic N) is 4. The van der Waals surface area contributed by atoms with Crippen molar-refractivity contribution in [1.29, 1.82) is 0 Å². The second-order valence-electron chi connectivity index (χ2n) is 9.70. The summed E-state index contributed by atoms with van der Waals surface area (Å²) in [6.45, 7) is 8.73. The Hall–Kier alpha value is -2.60. The molecule has 0 saturated heterocycles. The Morgan fingerprint density at radius 2 is 1.73 bits per heavy atom. The minimum absolute atomic E-state index is 0.122. The van der Waals surface area contributed by atoms with Gasteiger partial charge in [-0.25, -0.2) is 25.1 Å². The molecule has 0 bridgehead atoms. The van der Waals surface area contributed by atoms with Crippen LogP contribution in [0, 0.1) is 0 Å². The van der Waals surface area contributed by atoms with Crippen LogP contribution >= 0.6 is 7.44 Å². The Bertz CT molecular complexity index is 1120. The van der Waals surface area contributed by atoms with Crippen molar-refractivity contribution in [2.45, 2.75) is 97.2 Å². The van der Waals surface area contributed by atoms with Gasteiger partial charge in [0.05, 0.1) is 25.1 Å². The van der Waals surface area contributed by atoms with Crippen molar-refractivity contribution in [3.8, 4) is 0 Å². The van der Waals surface area contributed by atoms with E-state index in [0.29, 0.717) is 17.7 Å². The van der Waals surface area contributed by atoms with Crippen molar-refractivity contribution in [2.75, 3.05) is 12.1 Å². The maximum Gasteiger partial charge on any atom is 0.323 e. The van der Waals surface area contributed by atoms with E-state index >= 15 is 0 Å². The van der Waals surface area contributed by atoms with Crippen molar-refractivity contribution >= 4 is 36.4 Å². The number of nitrogens with one attached hydrogen (secondary N) is 2. The monoisotopic (exact) mass is 539 g/mol. The first-order valence-corrected chi connectivity index (χ1v) is 14.4. The third-order valence-electron chi connectivity index (χ3n) is 5.87. The third-order valence-corrected chi connectivity index (χ3v) is 7.99. The lowest BCUT2D eigenvalue weighted by Gasteiger charge is -2.28. The van der Waals surface area contributed by atoms with Crippen LogP contribution in [0.3, 0.4) is 0 Å². The quantitative estimate of drug-likeness (QED) is 0.251. The zero-order valence-electron chi connectivity index (χ0n) is 22.0. The fourth-order valence-corrected chi connectivity index (χ4v) is 6.19. The lowest BCUT2D eigenvalue weighted by molar-refractivity contribution is -0.150. The highest BCUT2D eigenvalue weighted by molar-refractivity contribution is 7.59. The van der Waals surface area contributed by atoms with Crippen LogP contribution < -0.4 is 15.9 Å². The SMILES string of the molecule is CC(C)OC(=O)[C@H](C)N[P@@](=O)(CO[C@H](C)Cn1cnc2c(N)ncnc21)N[C@H](C)C(=O)OC1CCCC1. The summed E-state index contributed by atoms with van der Waals surface area (Å²) < 4.78 is 32.4. The number of imidazole rings is 1. The minimum Gasteiger partial charge on any atom is -0.462 e. The van der Waals surface area contributed by atoms with Crippen LogP contribution in [-0.4, -0.2) is 68.2 Å². The summed E-state index contributed by atoms with van der Waals surface area (Å²) in [6, 6.07) is -1.79. The van der Waals surface area contributed by atoms with Crippen LogP contribution in [0.15, 0.2) is 12.7 Å². The van der Waals surface area contributed by atoms with Crippen LogP contribution in [-0.2, 0) is 34.9 Å². The molecule has 0 aliphatic heterocycles. The van der Waals surface area contributed by atoms with Gasteiger partial charge in [-0.1, -0.05) is 0 Å². The van der Waals surface area contributed by atoms with Gasteiger partial charge in [0.2, 0.25) is 7.44 Å². The van der Waals surface area contributed by atoms with Gasteiger partial charge in [0.25, 0.3) is 0 Å². The predicted octanol–water partition coefficient (Wildman–Crippen LogP) is 2.36. The van der Waals surface area contributed by atoms with Gasteiger partial charge < -0.3 is 24.5 Å². The molecule has 1 saturated carbocycles. The molecule has 4 N–H and O–H groups in total. The number of esters is 2. The molecule has 3 rings (SSSR count). The number of carbonyl (C=O) groups is 2. The summed E-state index contributed by atoms with van der Waals surface area (Å²) in [4.78, 5) is 37.4. The van der Waals surface area contributed by atoms with E-state index in [1.165, 1.54) is 6.33 Å². The maximum absolute atomic E-state index is 13.9. The highest BCUT2D eigenvalue weighted by Gasteiger charge is 2.34. The average Bonchev–Trinajstić information content (AvgIpc) is 3.48. The molecule has 1 aliphatic rings. The van der Waals surface area contributed by atoms with Crippen molar-refractivity contribution in [1.82, 2.24) is 29.7 Å². The molecule has 206 valence electrons. The molecule has 13 nitrogen and oxygen atoms in total. The van der Waals surface area contributed by atoms with Crippen molar-refractivity contribution < 1.29 is 28.4 Å². The molecular weight excluding hydrogens is 501 g/mol. The second kappa shape index (κ2) is 12.8. The molecule has 4 atom stereocenters. The number of hydrogen-bond donors (Lipinski definition) is 3. The highest BCUT2D eigenvalue weighted by atomic mass is 31.2. The zero-order chi connectivity index (χ0) is 27.2. The average molecular weight is 540 g/mol.